The highest BCUT2D eigenvalue weighted by Gasteiger charge is 2.32. The number of hydrogen-bond acceptors (Lipinski definition) is 6. The molecule has 2 aliphatic rings. The highest BCUT2D eigenvalue weighted by Crippen LogP contribution is 2.35. The second-order valence-electron chi connectivity index (χ2n) is 8.61. The number of nitrogens with zero attached hydrogens (tertiary/aromatic N) is 1. The second kappa shape index (κ2) is 10.6. The highest BCUT2D eigenvalue weighted by atomic mass is 32.2. The molecule has 0 aromatic heterocycles. The maximum atomic E-state index is 15.2. The first kappa shape index (κ1) is 24.1. The lowest BCUT2D eigenvalue weighted by Gasteiger charge is -2.20. The molecule has 0 saturated carbocycles. The second-order valence-corrected chi connectivity index (χ2v) is 9.63. The summed E-state index contributed by atoms with van der Waals surface area (Å²) in [4.78, 5) is 26.7. The van der Waals surface area contributed by atoms with Crippen LogP contribution in [0.15, 0.2) is 65.6 Å². The molecule has 0 unspecified atom stereocenters. The van der Waals surface area contributed by atoms with Crippen LogP contribution in [0.4, 0.5) is 20.6 Å². The zero-order chi connectivity index (χ0) is 25.1. The third-order valence-electron chi connectivity index (χ3n) is 6.20. The van der Waals surface area contributed by atoms with Gasteiger partial charge in [0.1, 0.15) is 17.7 Å². The molecule has 5 rings (SSSR count). The summed E-state index contributed by atoms with van der Waals surface area (Å²) in [5.74, 6) is 0.745. The van der Waals surface area contributed by atoms with Crippen molar-refractivity contribution in [2.24, 2.45) is 0 Å². The number of fused-ring (bicyclic) bond motifs is 1. The zero-order valence-corrected chi connectivity index (χ0v) is 20.6. The molecule has 1 atom stereocenters. The summed E-state index contributed by atoms with van der Waals surface area (Å²) in [5.41, 5.74) is 3.24. The zero-order valence-electron chi connectivity index (χ0n) is 19.8. The van der Waals surface area contributed by atoms with Gasteiger partial charge in [0.05, 0.1) is 25.1 Å². The first-order valence-corrected chi connectivity index (χ1v) is 12.7. The van der Waals surface area contributed by atoms with Crippen molar-refractivity contribution >= 4 is 35.1 Å². The van der Waals surface area contributed by atoms with Gasteiger partial charge in [-0.05, 0) is 48.9 Å². The topological polar surface area (TPSA) is 79.9 Å². The fraction of sp³-hybridized carbons (Fsp3) is 0.259. The van der Waals surface area contributed by atoms with E-state index in [1.54, 1.807) is 30.2 Å². The SMILES string of the molecule is COc1cccc(-c2cccc(CNCC[C@@H]3CN(c4ccc5c(c4)NC(=O)CS5)C(=O)O3)c2F)c1. The number of nitrogens with one attached hydrogen (secondary N) is 2. The number of ether oxygens (including phenoxy) is 2. The number of methoxy groups -OCH3 is 1. The number of anilines is 2. The molecule has 1 fully saturated rings. The van der Waals surface area contributed by atoms with E-state index in [9.17, 15) is 9.59 Å². The minimum Gasteiger partial charge on any atom is -0.497 e. The Labute approximate surface area is 213 Å². The number of halogens is 1. The van der Waals surface area contributed by atoms with Crippen molar-refractivity contribution in [3.8, 4) is 16.9 Å². The standard InChI is InChI=1S/C27H26FN3O4S/c1-34-20-6-2-4-17(12-20)22-7-3-5-18(26(22)28)14-29-11-10-21-15-31(27(33)35-21)19-8-9-24-23(13-19)30-25(32)16-36-24/h2-9,12-13,21,29H,10-11,14-16H2,1H3,(H,30,32)/t21-/m1/s1. The molecular formula is C27H26FN3O4S. The molecular weight excluding hydrogens is 481 g/mol. The summed E-state index contributed by atoms with van der Waals surface area (Å²) in [6.07, 6.45) is -0.0958. The molecule has 0 spiro atoms. The Morgan fingerprint density at radius 2 is 2.03 bits per heavy atom. The van der Waals surface area contributed by atoms with Gasteiger partial charge < -0.3 is 20.1 Å². The number of rotatable bonds is 8. The van der Waals surface area contributed by atoms with E-state index in [-0.39, 0.29) is 17.8 Å². The maximum absolute atomic E-state index is 15.2. The van der Waals surface area contributed by atoms with Crippen LogP contribution in [0.25, 0.3) is 11.1 Å². The van der Waals surface area contributed by atoms with Gasteiger partial charge >= 0.3 is 6.09 Å². The number of cyclic esters (lactones) is 1. The van der Waals surface area contributed by atoms with E-state index < -0.39 is 6.09 Å². The predicted octanol–water partition coefficient (Wildman–Crippen LogP) is 5.05. The van der Waals surface area contributed by atoms with Gasteiger partial charge in [-0.25, -0.2) is 9.18 Å². The Hall–Kier alpha value is -3.56. The summed E-state index contributed by atoms with van der Waals surface area (Å²) in [6, 6.07) is 18.3. The third kappa shape index (κ3) is 5.17. The first-order chi connectivity index (χ1) is 17.5. The normalized spacial score (nSPS) is 16.9. The number of hydrogen-bond donors (Lipinski definition) is 2. The van der Waals surface area contributed by atoms with Crippen LogP contribution in [0, 0.1) is 5.82 Å². The van der Waals surface area contributed by atoms with Crippen LogP contribution >= 0.6 is 11.8 Å². The first-order valence-electron chi connectivity index (χ1n) is 11.7. The molecule has 0 bridgehead atoms. The average Bonchev–Trinajstić information content (AvgIpc) is 3.27. The van der Waals surface area contributed by atoms with Crippen LogP contribution in [0.1, 0.15) is 12.0 Å². The summed E-state index contributed by atoms with van der Waals surface area (Å²) in [6.45, 7) is 1.34. The van der Waals surface area contributed by atoms with Gasteiger partial charge in [-0.2, -0.15) is 0 Å². The smallest absolute Gasteiger partial charge is 0.414 e. The van der Waals surface area contributed by atoms with E-state index in [1.165, 1.54) is 11.8 Å². The quantitative estimate of drug-likeness (QED) is 0.416. The van der Waals surface area contributed by atoms with E-state index in [4.69, 9.17) is 9.47 Å². The lowest BCUT2D eigenvalue weighted by Crippen LogP contribution is -2.26. The third-order valence-corrected chi connectivity index (χ3v) is 7.27. The maximum Gasteiger partial charge on any atom is 0.414 e. The number of benzene rings is 3. The number of carbonyl (C=O) groups excluding carboxylic acids is 2. The number of carbonyl (C=O) groups is 2. The predicted molar refractivity (Wildman–Crippen MR) is 138 cm³/mol. The Morgan fingerprint density at radius 1 is 1.17 bits per heavy atom. The van der Waals surface area contributed by atoms with Crippen molar-refractivity contribution < 1.29 is 23.5 Å². The van der Waals surface area contributed by atoms with Gasteiger partial charge in [-0.15, -0.1) is 11.8 Å². The summed E-state index contributed by atoms with van der Waals surface area (Å²) in [5, 5.41) is 6.11. The van der Waals surface area contributed by atoms with Crippen LogP contribution in [0.2, 0.25) is 0 Å². The number of amides is 2. The summed E-state index contributed by atoms with van der Waals surface area (Å²) < 4.78 is 26.0. The van der Waals surface area contributed by atoms with Crippen molar-refractivity contribution in [2.75, 3.05) is 36.2 Å². The highest BCUT2D eigenvalue weighted by molar-refractivity contribution is 8.00. The van der Waals surface area contributed by atoms with Crippen molar-refractivity contribution in [3.05, 3.63) is 72.0 Å². The lowest BCUT2D eigenvalue weighted by molar-refractivity contribution is -0.113. The molecule has 2 N–H and O–H groups in total. The van der Waals surface area contributed by atoms with Crippen LogP contribution in [-0.2, 0) is 16.1 Å². The van der Waals surface area contributed by atoms with E-state index >= 15 is 4.39 Å². The molecule has 186 valence electrons. The van der Waals surface area contributed by atoms with Crippen LogP contribution in [-0.4, -0.2) is 44.1 Å². The molecule has 3 aromatic rings. The fourth-order valence-electron chi connectivity index (χ4n) is 4.34. The van der Waals surface area contributed by atoms with E-state index in [2.05, 4.69) is 10.6 Å². The van der Waals surface area contributed by atoms with Gasteiger partial charge in [0, 0.05) is 28.3 Å². The molecule has 3 aromatic carbocycles. The van der Waals surface area contributed by atoms with Crippen LogP contribution < -0.4 is 20.3 Å². The molecule has 0 aliphatic carbocycles. The Morgan fingerprint density at radius 3 is 2.89 bits per heavy atom. The Kier molecular flexibility index (Phi) is 7.11. The molecule has 2 heterocycles. The Balaban J connectivity index is 1.16. The molecule has 1 saturated heterocycles. The van der Waals surface area contributed by atoms with Crippen molar-refractivity contribution in [2.45, 2.75) is 24.0 Å². The summed E-state index contributed by atoms with van der Waals surface area (Å²) in [7, 11) is 1.59. The van der Waals surface area contributed by atoms with E-state index in [0.717, 1.165) is 10.5 Å². The van der Waals surface area contributed by atoms with Crippen LogP contribution in [0.3, 0.4) is 0 Å². The molecule has 2 aliphatic heterocycles. The van der Waals surface area contributed by atoms with Gasteiger partial charge in [0.25, 0.3) is 0 Å². The molecule has 9 heteroatoms. The summed E-state index contributed by atoms with van der Waals surface area (Å²) >= 11 is 1.48. The van der Waals surface area contributed by atoms with Gasteiger partial charge in [0.2, 0.25) is 5.91 Å². The fourth-order valence-corrected chi connectivity index (χ4v) is 5.13. The van der Waals surface area contributed by atoms with E-state index in [1.807, 2.05) is 42.5 Å². The molecule has 36 heavy (non-hydrogen) atoms. The monoisotopic (exact) mass is 507 g/mol. The molecule has 2 amide bonds. The van der Waals surface area contributed by atoms with E-state index in [0.29, 0.717) is 60.1 Å². The Bertz CT molecular complexity index is 1300. The minimum absolute atomic E-state index is 0.0527. The lowest BCUT2D eigenvalue weighted by atomic mass is 10.0. The number of thioether (sulfide) groups is 1. The van der Waals surface area contributed by atoms with Crippen LogP contribution in [0.5, 0.6) is 5.75 Å². The molecule has 7 nitrogen and oxygen atoms in total. The molecule has 0 radical (unpaired) electrons. The average molecular weight is 508 g/mol. The minimum atomic E-state index is -0.410. The largest absolute Gasteiger partial charge is 0.497 e. The van der Waals surface area contributed by atoms with Gasteiger partial charge in [-0.1, -0.05) is 30.3 Å². The van der Waals surface area contributed by atoms with Gasteiger partial charge in [-0.3, -0.25) is 9.69 Å². The van der Waals surface area contributed by atoms with Crippen molar-refractivity contribution in [1.82, 2.24) is 5.32 Å². The van der Waals surface area contributed by atoms with Crippen molar-refractivity contribution in [3.63, 3.8) is 0 Å². The van der Waals surface area contributed by atoms with Crippen molar-refractivity contribution in [1.29, 1.82) is 0 Å². The van der Waals surface area contributed by atoms with Gasteiger partial charge in [0.15, 0.2) is 0 Å².